The summed E-state index contributed by atoms with van der Waals surface area (Å²) >= 11 is 0. The van der Waals surface area contributed by atoms with Crippen LogP contribution in [0.2, 0.25) is 0 Å². The van der Waals surface area contributed by atoms with Gasteiger partial charge in [0.1, 0.15) is 0 Å². The first-order valence-corrected chi connectivity index (χ1v) is 6.39. The fourth-order valence-corrected chi connectivity index (χ4v) is 2.32. The number of nitrogens with zero attached hydrogens (tertiary/aromatic N) is 1. The van der Waals surface area contributed by atoms with E-state index < -0.39 is 0 Å². The summed E-state index contributed by atoms with van der Waals surface area (Å²) in [5.74, 6) is 0. The standard InChI is InChI=1S/C15H22N2/c1-11(2)17-9-8-13-6-5-7-14(15(13)17)10-12(3)16-4/h5-9,11-12,16H,10H2,1-4H3. The normalized spacial score (nSPS) is 13.5. The van der Waals surface area contributed by atoms with Crippen LogP contribution >= 0.6 is 0 Å². The van der Waals surface area contributed by atoms with E-state index in [9.17, 15) is 0 Å². The van der Waals surface area contributed by atoms with Crippen molar-refractivity contribution in [1.29, 1.82) is 0 Å². The van der Waals surface area contributed by atoms with Crippen molar-refractivity contribution in [3.63, 3.8) is 0 Å². The number of fused-ring (bicyclic) bond motifs is 1. The largest absolute Gasteiger partial charge is 0.345 e. The lowest BCUT2D eigenvalue weighted by Gasteiger charge is -2.15. The first-order valence-electron chi connectivity index (χ1n) is 6.39. The van der Waals surface area contributed by atoms with Crippen molar-refractivity contribution >= 4 is 10.9 Å². The summed E-state index contributed by atoms with van der Waals surface area (Å²) in [5.41, 5.74) is 2.83. The highest BCUT2D eigenvalue weighted by atomic mass is 15.0. The maximum atomic E-state index is 3.31. The van der Waals surface area contributed by atoms with Crippen LogP contribution in [-0.4, -0.2) is 17.7 Å². The maximum Gasteiger partial charge on any atom is 0.0515 e. The highest BCUT2D eigenvalue weighted by Crippen LogP contribution is 2.24. The number of hydrogen-bond donors (Lipinski definition) is 1. The molecule has 2 aromatic rings. The molecule has 0 aliphatic rings. The monoisotopic (exact) mass is 230 g/mol. The predicted octanol–water partition coefficient (Wildman–Crippen LogP) is 3.37. The fraction of sp³-hybridized carbons (Fsp3) is 0.467. The number of para-hydroxylation sites is 1. The molecule has 0 bridgehead atoms. The number of benzene rings is 1. The Hall–Kier alpha value is -1.28. The van der Waals surface area contributed by atoms with Gasteiger partial charge in [0.05, 0.1) is 5.52 Å². The van der Waals surface area contributed by atoms with Crippen molar-refractivity contribution in [2.75, 3.05) is 7.05 Å². The average molecular weight is 230 g/mol. The molecule has 2 heteroatoms. The Morgan fingerprint density at radius 3 is 2.59 bits per heavy atom. The summed E-state index contributed by atoms with van der Waals surface area (Å²) in [6.07, 6.45) is 3.27. The first kappa shape index (κ1) is 12.2. The van der Waals surface area contributed by atoms with Gasteiger partial charge in [0.15, 0.2) is 0 Å². The molecule has 0 amide bonds. The summed E-state index contributed by atoms with van der Waals surface area (Å²) in [6, 6.07) is 9.83. The molecule has 0 aliphatic heterocycles. The molecule has 2 nitrogen and oxygen atoms in total. The average Bonchev–Trinajstić information content (AvgIpc) is 2.73. The number of rotatable bonds is 4. The topological polar surface area (TPSA) is 17.0 Å². The Bertz CT molecular complexity index is 497. The van der Waals surface area contributed by atoms with Crippen molar-refractivity contribution in [3.8, 4) is 0 Å². The summed E-state index contributed by atoms with van der Waals surface area (Å²) in [7, 11) is 2.02. The molecular weight excluding hydrogens is 208 g/mol. The molecule has 1 heterocycles. The molecule has 1 N–H and O–H groups in total. The molecule has 2 rings (SSSR count). The molecule has 0 saturated heterocycles. The third-order valence-electron chi connectivity index (χ3n) is 3.40. The Morgan fingerprint density at radius 2 is 1.94 bits per heavy atom. The SMILES string of the molecule is CNC(C)Cc1cccc2ccn(C(C)C)c12. The molecule has 1 aromatic carbocycles. The number of hydrogen-bond acceptors (Lipinski definition) is 1. The van der Waals surface area contributed by atoms with Gasteiger partial charge in [0.25, 0.3) is 0 Å². The van der Waals surface area contributed by atoms with Crippen LogP contribution < -0.4 is 5.32 Å². The third kappa shape index (κ3) is 2.37. The van der Waals surface area contributed by atoms with Crippen molar-refractivity contribution < 1.29 is 0 Å². The first-order chi connectivity index (χ1) is 8.13. The van der Waals surface area contributed by atoms with E-state index in [1.807, 2.05) is 7.05 Å². The lowest BCUT2D eigenvalue weighted by atomic mass is 10.0. The molecule has 0 aliphatic carbocycles. The van der Waals surface area contributed by atoms with Gasteiger partial charge in [0.2, 0.25) is 0 Å². The second-order valence-electron chi connectivity index (χ2n) is 5.07. The van der Waals surface area contributed by atoms with E-state index in [0.29, 0.717) is 12.1 Å². The molecule has 0 radical (unpaired) electrons. The molecule has 0 saturated carbocycles. The van der Waals surface area contributed by atoms with E-state index in [0.717, 1.165) is 6.42 Å². The van der Waals surface area contributed by atoms with Gasteiger partial charge >= 0.3 is 0 Å². The summed E-state index contributed by atoms with van der Waals surface area (Å²) in [5, 5.41) is 4.66. The molecule has 0 fully saturated rings. The minimum atomic E-state index is 0.510. The van der Waals surface area contributed by atoms with Gasteiger partial charge in [-0.3, -0.25) is 0 Å². The Balaban J connectivity index is 2.50. The minimum Gasteiger partial charge on any atom is -0.345 e. The lowest BCUT2D eigenvalue weighted by molar-refractivity contribution is 0.598. The Labute approximate surface area is 104 Å². The second kappa shape index (κ2) is 4.92. The molecule has 1 aromatic heterocycles. The van der Waals surface area contributed by atoms with E-state index in [1.54, 1.807) is 0 Å². The van der Waals surface area contributed by atoms with Crippen molar-refractivity contribution in [2.24, 2.45) is 0 Å². The fourth-order valence-electron chi connectivity index (χ4n) is 2.32. The van der Waals surface area contributed by atoms with Gasteiger partial charge in [-0.15, -0.1) is 0 Å². The van der Waals surface area contributed by atoms with Crippen LogP contribution in [0.5, 0.6) is 0 Å². The Kier molecular flexibility index (Phi) is 3.53. The van der Waals surface area contributed by atoms with Crippen molar-refractivity contribution in [1.82, 2.24) is 9.88 Å². The number of aromatic nitrogens is 1. The van der Waals surface area contributed by atoms with Crippen LogP contribution in [-0.2, 0) is 6.42 Å². The van der Waals surface area contributed by atoms with Crippen LogP contribution in [0.25, 0.3) is 10.9 Å². The number of likely N-dealkylation sites (N-methyl/N-ethyl adjacent to an activating group) is 1. The predicted molar refractivity (Wildman–Crippen MR) is 74.5 cm³/mol. The number of nitrogens with one attached hydrogen (secondary N) is 1. The van der Waals surface area contributed by atoms with Gasteiger partial charge in [-0.2, -0.15) is 0 Å². The lowest BCUT2D eigenvalue weighted by Crippen LogP contribution is -2.23. The zero-order valence-corrected chi connectivity index (χ0v) is 11.2. The summed E-state index contributed by atoms with van der Waals surface area (Å²) < 4.78 is 2.37. The van der Waals surface area contributed by atoms with Crippen LogP contribution in [0.3, 0.4) is 0 Å². The highest BCUT2D eigenvalue weighted by Gasteiger charge is 2.10. The zero-order valence-electron chi connectivity index (χ0n) is 11.2. The van der Waals surface area contributed by atoms with Gasteiger partial charge in [0, 0.05) is 18.3 Å². The van der Waals surface area contributed by atoms with Crippen LogP contribution in [0.1, 0.15) is 32.4 Å². The zero-order chi connectivity index (χ0) is 12.4. The highest BCUT2D eigenvalue weighted by molar-refractivity contribution is 5.83. The second-order valence-corrected chi connectivity index (χ2v) is 5.07. The van der Waals surface area contributed by atoms with Crippen LogP contribution in [0.4, 0.5) is 0 Å². The molecule has 1 atom stereocenters. The third-order valence-corrected chi connectivity index (χ3v) is 3.40. The van der Waals surface area contributed by atoms with E-state index in [-0.39, 0.29) is 0 Å². The maximum absolute atomic E-state index is 3.31. The van der Waals surface area contributed by atoms with Gasteiger partial charge < -0.3 is 9.88 Å². The molecule has 0 spiro atoms. The van der Waals surface area contributed by atoms with E-state index in [2.05, 4.69) is 61.1 Å². The summed E-state index contributed by atoms with van der Waals surface area (Å²) in [6.45, 7) is 6.69. The van der Waals surface area contributed by atoms with E-state index >= 15 is 0 Å². The van der Waals surface area contributed by atoms with Gasteiger partial charge in [-0.25, -0.2) is 0 Å². The van der Waals surface area contributed by atoms with E-state index in [1.165, 1.54) is 16.5 Å². The molecule has 17 heavy (non-hydrogen) atoms. The molecule has 92 valence electrons. The molecular formula is C15H22N2. The summed E-state index contributed by atoms with van der Waals surface area (Å²) in [4.78, 5) is 0. The van der Waals surface area contributed by atoms with Crippen molar-refractivity contribution in [3.05, 3.63) is 36.0 Å². The van der Waals surface area contributed by atoms with E-state index in [4.69, 9.17) is 0 Å². The van der Waals surface area contributed by atoms with Gasteiger partial charge in [-0.1, -0.05) is 18.2 Å². The quantitative estimate of drug-likeness (QED) is 0.852. The minimum absolute atomic E-state index is 0.510. The van der Waals surface area contributed by atoms with Crippen LogP contribution in [0.15, 0.2) is 30.5 Å². The molecule has 1 unspecified atom stereocenters. The van der Waals surface area contributed by atoms with Crippen LogP contribution in [0, 0.1) is 0 Å². The smallest absolute Gasteiger partial charge is 0.0515 e. The van der Waals surface area contributed by atoms with Gasteiger partial charge in [-0.05, 0) is 51.3 Å². The Morgan fingerprint density at radius 1 is 1.18 bits per heavy atom. The van der Waals surface area contributed by atoms with Crippen molar-refractivity contribution in [2.45, 2.75) is 39.3 Å².